The van der Waals surface area contributed by atoms with E-state index in [-0.39, 0.29) is 35.0 Å². The Balaban J connectivity index is 2.29. The van der Waals surface area contributed by atoms with Crippen molar-refractivity contribution >= 4 is 17.4 Å². The second-order valence-corrected chi connectivity index (χ2v) is 8.26. The molecule has 0 heterocycles. The number of hydrogen-bond donors (Lipinski definition) is 1. The van der Waals surface area contributed by atoms with Crippen LogP contribution in [0.4, 0.5) is 5.69 Å². The van der Waals surface area contributed by atoms with Gasteiger partial charge in [-0.15, -0.1) is 0 Å². The van der Waals surface area contributed by atoms with Gasteiger partial charge in [-0.1, -0.05) is 58.7 Å². The van der Waals surface area contributed by atoms with Crippen LogP contribution in [0, 0.1) is 5.92 Å². The number of unbranched alkanes of at least 4 members (excludes halogenated alkanes) is 2. The van der Waals surface area contributed by atoms with Crippen molar-refractivity contribution in [3.63, 3.8) is 0 Å². The van der Waals surface area contributed by atoms with Crippen molar-refractivity contribution in [2.45, 2.75) is 53.4 Å². The van der Waals surface area contributed by atoms with Crippen molar-refractivity contribution < 1.29 is 19.4 Å². The summed E-state index contributed by atoms with van der Waals surface area (Å²) in [6, 6.07) is 11.7. The SMILES string of the molecule is CCCCN(CCCC)c1ccc(C(=O)c2ccccc2C(=O)OCC(C)C)c(O)c1. The van der Waals surface area contributed by atoms with E-state index in [0.29, 0.717) is 0 Å². The molecule has 0 aliphatic heterocycles. The van der Waals surface area contributed by atoms with Gasteiger partial charge in [0.1, 0.15) is 5.75 Å². The van der Waals surface area contributed by atoms with Gasteiger partial charge in [-0.3, -0.25) is 4.79 Å². The molecule has 2 rings (SSSR count). The van der Waals surface area contributed by atoms with Crippen molar-refractivity contribution in [3.8, 4) is 5.75 Å². The molecule has 0 aliphatic carbocycles. The molecule has 2 aromatic rings. The highest BCUT2D eigenvalue weighted by atomic mass is 16.5. The highest BCUT2D eigenvalue weighted by molar-refractivity contribution is 6.15. The van der Waals surface area contributed by atoms with Crippen molar-refractivity contribution in [2.24, 2.45) is 5.92 Å². The fraction of sp³-hybridized carbons (Fsp3) is 0.462. The van der Waals surface area contributed by atoms with Crippen LogP contribution >= 0.6 is 0 Å². The van der Waals surface area contributed by atoms with Gasteiger partial charge in [0.15, 0.2) is 5.78 Å². The Morgan fingerprint density at radius 2 is 1.55 bits per heavy atom. The molecule has 0 amide bonds. The maximum atomic E-state index is 13.2. The van der Waals surface area contributed by atoms with Crippen molar-refractivity contribution in [2.75, 3.05) is 24.6 Å². The third-order valence-electron chi connectivity index (χ3n) is 5.09. The molecule has 5 heteroatoms. The number of rotatable bonds is 12. The van der Waals surface area contributed by atoms with Crippen LogP contribution < -0.4 is 4.90 Å². The monoisotopic (exact) mass is 425 g/mol. The van der Waals surface area contributed by atoms with Gasteiger partial charge < -0.3 is 14.7 Å². The van der Waals surface area contributed by atoms with E-state index in [9.17, 15) is 14.7 Å². The molecule has 0 saturated heterocycles. The van der Waals surface area contributed by atoms with E-state index in [1.165, 1.54) is 0 Å². The van der Waals surface area contributed by atoms with Crippen molar-refractivity contribution in [1.82, 2.24) is 0 Å². The molecule has 2 aromatic carbocycles. The normalized spacial score (nSPS) is 10.9. The number of phenols is 1. The summed E-state index contributed by atoms with van der Waals surface area (Å²) in [5, 5.41) is 10.7. The summed E-state index contributed by atoms with van der Waals surface area (Å²) in [5.41, 5.74) is 1.52. The second kappa shape index (κ2) is 12.1. The molecule has 0 aromatic heterocycles. The minimum atomic E-state index is -0.529. The zero-order chi connectivity index (χ0) is 22.8. The fourth-order valence-corrected chi connectivity index (χ4v) is 3.30. The van der Waals surface area contributed by atoms with Gasteiger partial charge >= 0.3 is 5.97 Å². The summed E-state index contributed by atoms with van der Waals surface area (Å²) >= 11 is 0. The van der Waals surface area contributed by atoms with E-state index in [1.807, 2.05) is 19.9 Å². The summed E-state index contributed by atoms with van der Waals surface area (Å²) in [5.74, 6) is -0.800. The number of carbonyl (C=O) groups is 2. The molecule has 1 N–H and O–H groups in total. The molecule has 0 atom stereocenters. The van der Waals surface area contributed by atoms with Crippen LogP contribution in [0.15, 0.2) is 42.5 Å². The zero-order valence-corrected chi connectivity index (χ0v) is 19.2. The Bertz CT molecular complexity index is 867. The van der Waals surface area contributed by atoms with Gasteiger partial charge in [0.2, 0.25) is 0 Å². The first-order valence-corrected chi connectivity index (χ1v) is 11.3. The van der Waals surface area contributed by atoms with Crippen LogP contribution in [0.25, 0.3) is 0 Å². The second-order valence-electron chi connectivity index (χ2n) is 8.26. The predicted octanol–water partition coefficient (Wildman–Crippen LogP) is 5.84. The lowest BCUT2D eigenvalue weighted by Gasteiger charge is -2.25. The first kappa shape index (κ1) is 24.4. The standard InChI is InChI=1S/C26H35NO4/c1-5-7-15-27(16-8-6-2)20-13-14-23(24(28)17-20)25(29)21-11-9-10-12-22(21)26(30)31-18-19(3)4/h9-14,17,19,28H,5-8,15-16,18H2,1-4H3. The van der Waals surface area contributed by atoms with Gasteiger partial charge in [-0.2, -0.15) is 0 Å². The lowest BCUT2D eigenvalue weighted by molar-refractivity contribution is 0.0456. The summed E-state index contributed by atoms with van der Waals surface area (Å²) < 4.78 is 5.31. The number of ether oxygens (including phenoxy) is 1. The highest BCUT2D eigenvalue weighted by Gasteiger charge is 2.22. The molecule has 0 fully saturated rings. The minimum absolute atomic E-state index is 0.0779. The van der Waals surface area contributed by atoms with Crippen molar-refractivity contribution in [3.05, 3.63) is 59.2 Å². The maximum Gasteiger partial charge on any atom is 0.338 e. The molecular weight excluding hydrogens is 390 g/mol. The topological polar surface area (TPSA) is 66.8 Å². The summed E-state index contributed by atoms with van der Waals surface area (Å²) in [7, 11) is 0. The van der Waals surface area contributed by atoms with Crippen LogP contribution in [0.2, 0.25) is 0 Å². The average molecular weight is 426 g/mol. The number of anilines is 1. The van der Waals surface area contributed by atoms with E-state index in [0.717, 1.165) is 44.5 Å². The molecule has 0 unspecified atom stereocenters. The molecule has 168 valence electrons. The van der Waals surface area contributed by atoms with E-state index in [2.05, 4.69) is 18.7 Å². The maximum absolute atomic E-state index is 13.2. The number of aromatic hydroxyl groups is 1. The average Bonchev–Trinajstić information content (AvgIpc) is 2.77. The molecule has 31 heavy (non-hydrogen) atoms. The quantitative estimate of drug-likeness (QED) is 0.342. The van der Waals surface area contributed by atoms with Crippen LogP contribution in [-0.2, 0) is 4.74 Å². The Kier molecular flexibility index (Phi) is 9.57. The third-order valence-corrected chi connectivity index (χ3v) is 5.09. The number of benzene rings is 2. The number of carbonyl (C=O) groups excluding carboxylic acids is 2. The first-order chi connectivity index (χ1) is 14.9. The van der Waals surface area contributed by atoms with E-state index in [4.69, 9.17) is 4.74 Å². The van der Waals surface area contributed by atoms with Gasteiger partial charge in [0.25, 0.3) is 0 Å². The van der Waals surface area contributed by atoms with Gasteiger partial charge in [-0.05, 0) is 37.0 Å². The number of esters is 1. The van der Waals surface area contributed by atoms with Gasteiger partial charge in [-0.25, -0.2) is 4.79 Å². The third kappa shape index (κ3) is 6.84. The Labute approximate surface area is 186 Å². The number of nitrogens with zero attached hydrogens (tertiary/aromatic N) is 1. The van der Waals surface area contributed by atoms with E-state index >= 15 is 0 Å². The molecule has 0 radical (unpaired) electrons. The number of phenolic OH excluding ortho intramolecular Hbond substituents is 1. The minimum Gasteiger partial charge on any atom is -0.507 e. The fourth-order valence-electron chi connectivity index (χ4n) is 3.30. The lowest BCUT2D eigenvalue weighted by atomic mass is 9.97. The van der Waals surface area contributed by atoms with Crippen LogP contribution in [-0.4, -0.2) is 36.6 Å². The molecule has 0 aliphatic rings. The lowest BCUT2D eigenvalue weighted by Crippen LogP contribution is -2.25. The first-order valence-electron chi connectivity index (χ1n) is 11.3. The van der Waals surface area contributed by atoms with Gasteiger partial charge in [0.05, 0.1) is 17.7 Å². The van der Waals surface area contributed by atoms with Crippen molar-refractivity contribution in [1.29, 1.82) is 0 Å². The molecular formula is C26H35NO4. The Hall–Kier alpha value is -2.82. The highest BCUT2D eigenvalue weighted by Crippen LogP contribution is 2.28. The summed E-state index contributed by atoms with van der Waals surface area (Å²) in [4.78, 5) is 27.9. The van der Waals surface area contributed by atoms with Crippen LogP contribution in [0.1, 0.15) is 79.7 Å². The zero-order valence-electron chi connectivity index (χ0n) is 19.2. The van der Waals surface area contributed by atoms with E-state index in [1.54, 1.807) is 36.4 Å². The van der Waals surface area contributed by atoms with E-state index < -0.39 is 11.8 Å². The number of hydrogen-bond acceptors (Lipinski definition) is 5. The largest absolute Gasteiger partial charge is 0.507 e. The van der Waals surface area contributed by atoms with Crippen LogP contribution in [0.3, 0.4) is 0 Å². The molecule has 5 nitrogen and oxygen atoms in total. The Morgan fingerprint density at radius 3 is 2.10 bits per heavy atom. The smallest absolute Gasteiger partial charge is 0.338 e. The molecule has 0 spiro atoms. The number of ketones is 1. The summed E-state index contributed by atoms with van der Waals surface area (Å²) in [6.45, 7) is 10.3. The summed E-state index contributed by atoms with van der Waals surface area (Å²) in [6.07, 6.45) is 4.32. The molecule has 0 bridgehead atoms. The van der Waals surface area contributed by atoms with Crippen LogP contribution in [0.5, 0.6) is 5.75 Å². The van der Waals surface area contributed by atoms with Gasteiger partial charge in [0, 0.05) is 30.4 Å². The Morgan fingerprint density at radius 1 is 0.935 bits per heavy atom. The predicted molar refractivity (Wildman–Crippen MR) is 125 cm³/mol. The molecule has 0 saturated carbocycles.